The summed E-state index contributed by atoms with van der Waals surface area (Å²) < 4.78 is 0.999. The van der Waals surface area contributed by atoms with Gasteiger partial charge in [-0.15, -0.1) is 11.3 Å². The third-order valence-corrected chi connectivity index (χ3v) is 5.05. The topological polar surface area (TPSA) is 32.3 Å². The maximum Gasteiger partial charge on any atom is 0.241 e. The molecule has 0 aliphatic rings. The van der Waals surface area contributed by atoms with E-state index in [9.17, 15) is 4.79 Å². The molecule has 21 heavy (non-hydrogen) atoms. The number of hydrogen-bond donors (Lipinski definition) is 1. The summed E-state index contributed by atoms with van der Waals surface area (Å²) in [4.78, 5) is 15.7. The van der Waals surface area contributed by atoms with E-state index in [0.717, 1.165) is 16.7 Å². The van der Waals surface area contributed by atoms with Crippen LogP contribution in [0.1, 0.15) is 17.4 Å². The van der Waals surface area contributed by atoms with E-state index in [1.165, 1.54) is 10.4 Å². The van der Waals surface area contributed by atoms with Crippen LogP contribution in [0.4, 0.5) is 5.69 Å². The zero-order valence-corrected chi connectivity index (χ0v) is 14.8. The molecule has 0 fully saturated rings. The Balaban J connectivity index is 1.95. The van der Waals surface area contributed by atoms with Gasteiger partial charge in [-0.1, -0.05) is 15.9 Å². The summed E-state index contributed by atoms with van der Waals surface area (Å²) >= 11 is 5.12. The predicted octanol–water partition coefficient (Wildman–Crippen LogP) is 4.28. The second kappa shape index (κ2) is 7.20. The highest BCUT2D eigenvalue weighted by molar-refractivity contribution is 9.10. The van der Waals surface area contributed by atoms with E-state index in [0.29, 0.717) is 0 Å². The van der Waals surface area contributed by atoms with Crippen LogP contribution < -0.4 is 5.32 Å². The lowest BCUT2D eigenvalue weighted by Crippen LogP contribution is -2.39. The molecule has 0 spiro atoms. The molecule has 0 aliphatic heterocycles. The summed E-state index contributed by atoms with van der Waals surface area (Å²) in [6, 6.07) is 9.53. The lowest BCUT2D eigenvalue weighted by atomic mass is 10.2. The predicted molar refractivity (Wildman–Crippen MR) is 92.8 cm³/mol. The van der Waals surface area contributed by atoms with E-state index < -0.39 is 0 Å². The van der Waals surface area contributed by atoms with Crippen LogP contribution in [0.5, 0.6) is 0 Å². The molecular formula is C16H19BrN2OS. The van der Waals surface area contributed by atoms with Crippen molar-refractivity contribution in [3.63, 3.8) is 0 Å². The highest BCUT2D eigenvalue weighted by Gasteiger charge is 2.19. The fraction of sp³-hybridized carbons (Fsp3) is 0.312. The quantitative estimate of drug-likeness (QED) is 0.856. The van der Waals surface area contributed by atoms with Gasteiger partial charge in [0.05, 0.1) is 6.04 Å². The molecule has 1 aromatic carbocycles. The van der Waals surface area contributed by atoms with Gasteiger partial charge in [0.1, 0.15) is 0 Å². The van der Waals surface area contributed by atoms with Gasteiger partial charge in [0.2, 0.25) is 5.91 Å². The number of aryl methyl sites for hydroxylation is 1. The molecule has 1 N–H and O–H groups in total. The fourth-order valence-electron chi connectivity index (χ4n) is 1.91. The van der Waals surface area contributed by atoms with Crippen molar-refractivity contribution in [2.75, 3.05) is 12.4 Å². The van der Waals surface area contributed by atoms with E-state index in [-0.39, 0.29) is 11.9 Å². The highest BCUT2D eigenvalue weighted by Crippen LogP contribution is 2.19. The lowest BCUT2D eigenvalue weighted by molar-refractivity contribution is -0.120. The second-order valence-electron chi connectivity index (χ2n) is 5.11. The average Bonchev–Trinajstić information content (AvgIpc) is 2.86. The molecule has 0 saturated carbocycles. The molecule has 1 aromatic heterocycles. The molecule has 0 radical (unpaired) electrons. The van der Waals surface area contributed by atoms with Crippen LogP contribution in [0, 0.1) is 6.92 Å². The summed E-state index contributed by atoms with van der Waals surface area (Å²) in [5, 5.41) is 5.03. The van der Waals surface area contributed by atoms with Crippen molar-refractivity contribution in [1.82, 2.24) is 4.90 Å². The number of nitrogens with zero attached hydrogens (tertiary/aromatic N) is 1. The first-order valence-electron chi connectivity index (χ1n) is 6.77. The minimum Gasteiger partial charge on any atom is -0.325 e. The number of benzene rings is 1. The third kappa shape index (κ3) is 4.40. The Morgan fingerprint density at radius 3 is 2.57 bits per heavy atom. The van der Waals surface area contributed by atoms with Crippen LogP contribution in [0.25, 0.3) is 0 Å². The van der Waals surface area contributed by atoms with Gasteiger partial charge < -0.3 is 5.32 Å². The number of halogens is 1. The normalized spacial score (nSPS) is 12.4. The van der Waals surface area contributed by atoms with Crippen LogP contribution in [0.2, 0.25) is 0 Å². The Kier molecular flexibility index (Phi) is 5.56. The molecule has 2 rings (SSSR count). The number of amides is 1. The number of hydrogen-bond acceptors (Lipinski definition) is 3. The Labute approximate surface area is 138 Å². The van der Waals surface area contributed by atoms with Gasteiger partial charge in [0.25, 0.3) is 0 Å². The molecule has 0 aliphatic carbocycles. The van der Waals surface area contributed by atoms with Crippen molar-refractivity contribution < 1.29 is 4.79 Å². The zero-order valence-electron chi connectivity index (χ0n) is 12.4. The van der Waals surface area contributed by atoms with Crippen LogP contribution in [-0.4, -0.2) is 23.9 Å². The van der Waals surface area contributed by atoms with E-state index in [2.05, 4.69) is 44.5 Å². The van der Waals surface area contributed by atoms with Crippen LogP contribution in [0.3, 0.4) is 0 Å². The molecule has 0 unspecified atom stereocenters. The lowest BCUT2D eigenvalue weighted by Gasteiger charge is -2.23. The van der Waals surface area contributed by atoms with E-state index in [4.69, 9.17) is 0 Å². The van der Waals surface area contributed by atoms with Gasteiger partial charge in [-0.05, 0) is 62.2 Å². The minimum atomic E-state index is -0.185. The first-order chi connectivity index (χ1) is 9.97. The summed E-state index contributed by atoms with van der Waals surface area (Å²) in [5.74, 6) is 0.00836. The third-order valence-electron chi connectivity index (χ3n) is 3.51. The van der Waals surface area contributed by atoms with Gasteiger partial charge in [-0.25, -0.2) is 0 Å². The Hall–Kier alpha value is -1.17. The molecule has 3 nitrogen and oxygen atoms in total. The number of carbonyl (C=O) groups is 1. The average molecular weight is 367 g/mol. The first-order valence-corrected chi connectivity index (χ1v) is 8.44. The molecule has 2 aromatic rings. The molecule has 1 amide bonds. The smallest absolute Gasteiger partial charge is 0.241 e. The van der Waals surface area contributed by atoms with Crippen LogP contribution >= 0.6 is 27.3 Å². The van der Waals surface area contributed by atoms with E-state index in [1.807, 2.05) is 38.2 Å². The first kappa shape index (κ1) is 16.2. The summed E-state index contributed by atoms with van der Waals surface area (Å²) in [6.07, 6.45) is 0. The largest absolute Gasteiger partial charge is 0.325 e. The molecule has 1 heterocycles. The zero-order chi connectivity index (χ0) is 15.4. The van der Waals surface area contributed by atoms with Gasteiger partial charge in [-0.3, -0.25) is 9.69 Å². The summed E-state index contributed by atoms with van der Waals surface area (Å²) in [5.41, 5.74) is 2.10. The van der Waals surface area contributed by atoms with Crippen molar-refractivity contribution in [3.8, 4) is 0 Å². The number of rotatable bonds is 5. The molecule has 0 saturated heterocycles. The standard InChI is InChI=1S/C16H19BrN2OS/c1-11-8-9-21-15(11)10-19(3)12(2)16(20)18-14-6-4-13(17)5-7-14/h4-9,12H,10H2,1-3H3,(H,18,20)/t12-/m0/s1. The van der Waals surface area contributed by atoms with E-state index in [1.54, 1.807) is 11.3 Å². The van der Waals surface area contributed by atoms with Crippen molar-refractivity contribution in [2.24, 2.45) is 0 Å². The van der Waals surface area contributed by atoms with Crippen molar-refractivity contribution in [3.05, 3.63) is 50.6 Å². The molecular weight excluding hydrogens is 348 g/mol. The molecule has 112 valence electrons. The summed E-state index contributed by atoms with van der Waals surface area (Å²) in [6.45, 7) is 4.82. The van der Waals surface area contributed by atoms with Gasteiger partial charge in [0, 0.05) is 21.6 Å². The van der Waals surface area contributed by atoms with Crippen molar-refractivity contribution >= 4 is 38.9 Å². The number of likely N-dealkylation sites (N-methyl/N-ethyl adjacent to an activating group) is 1. The van der Waals surface area contributed by atoms with Crippen molar-refractivity contribution in [2.45, 2.75) is 26.4 Å². The molecule has 0 bridgehead atoms. The Bertz CT molecular complexity index is 609. The van der Waals surface area contributed by atoms with Crippen molar-refractivity contribution in [1.29, 1.82) is 0 Å². The number of carbonyl (C=O) groups excluding carboxylic acids is 1. The monoisotopic (exact) mass is 366 g/mol. The fourth-order valence-corrected chi connectivity index (χ4v) is 3.14. The van der Waals surface area contributed by atoms with E-state index >= 15 is 0 Å². The minimum absolute atomic E-state index is 0.00836. The number of anilines is 1. The van der Waals surface area contributed by atoms with Crippen LogP contribution in [0.15, 0.2) is 40.2 Å². The number of nitrogens with one attached hydrogen (secondary N) is 1. The van der Waals surface area contributed by atoms with Crippen LogP contribution in [-0.2, 0) is 11.3 Å². The van der Waals surface area contributed by atoms with Gasteiger partial charge in [0.15, 0.2) is 0 Å². The highest BCUT2D eigenvalue weighted by atomic mass is 79.9. The number of thiophene rings is 1. The second-order valence-corrected chi connectivity index (χ2v) is 7.03. The maximum atomic E-state index is 12.3. The molecule has 5 heteroatoms. The van der Waals surface area contributed by atoms with Gasteiger partial charge in [-0.2, -0.15) is 0 Å². The van der Waals surface area contributed by atoms with Gasteiger partial charge >= 0.3 is 0 Å². The summed E-state index contributed by atoms with van der Waals surface area (Å²) in [7, 11) is 1.98. The Morgan fingerprint density at radius 1 is 1.33 bits per heavy atom. The Morgan fingerprint density at radius 2 is 2.00 bits per heavy atom. The molecule has 1 atom stereocenters. The maximum absolute atomic E-state index is 12.3. The SMILES string of the molecule is Cc1ccsc1CN(C)[C@@H](C)C(=O)Nc1ccc(Br)cc1.